The van der Waals surface area contributed by atoms with Crippen LogP contribution in [0.3, 0.4) is 0 Å². The molecule has 3 N–H and O–H groups in total. The second kappa shape index (κ2) is 6.62. The number of aliphatic hydroxyl groups excluding tert-OH is 1. The maximum atomic E-state index is 9.93. The molecule has 1 aromatic carbocycles. The molecule has 0 radical (unpaired) electrons. The second-order valence-electron chi connectivity index (χ2n) is 4.72. The third kappa shape index (κ3) is 4.02. The van der Waals surface area contributed by atoms with Crippen molar-refractivity contribution in [3.63, 3.8) is 0 Å². The van der Waals surface area contributed by atoms with Gasteiger partial charge in [0.25, 0.3) is 0 Å². The van der Waals surface area contributed by atoms with E-state index in [4.69, 9.17) is 5.73 Å². The summed E-state index contributed by atoms with van der Waals surface area (Å²) in [6, 6.07) is 8.22. The Kier molecular flexibility index (Phi) is 5.45. The molecular weight excluding hydrogens is 212 g/mol. The van der Waals surface area contributed by atoms with Crippen LogP contribution in [0.25, 0.3) is 0 Å². The average molecular weight is 236 g/mol. The molecule has 0 aliphatic heterocycles. The van der Waals surface area contributed by atoms with E-state index in [1.807, 2.05) is 26.0 Å². The summed E-state index contributed by atoms with van der Waals surface area (Å²) in [6.07, 6.45) is -0.288. The van der Waals surface area contributed by atoms with Crippen molar-refractivity contribution in [3.8, 4) is 0 Å². The molecule has 0 aromatic heterocycles. The molecule has 1 atom stereocenters. The third-order valence-corrected chi connectivity index (χ3v) is 3.10. The van der Waals surface area contributed by atoms with Crippen molar-refractivity contribution in [1.82, 2.24) is 0 Å². The van der Waals surface area contributed by atoms with Crippen molar-refractivity contribution in [2.45, 2.75) is 33.4 Å². The van der Waals surface area contributed by atoms with Gasteiger partial charge in [0.05, 0.1) is 6.10 Å². The summed E-state index contributed by atoms with van der Waals surface area (Å²) in [5, 5.41) is 9.93. The molecule has 3 nitrogen and oxygen atoms in total. The van der Waals surface area contributed by atoms with E-state index in [-0.39, 0.29) is 12.0 Å². The zero-order chi connectivity index (χ0) is 12.8. The summed E-state index contributed by atoms with van der Waals surface area (Å²) in [4.78, 5) is 2.19. The van der Waals surface area contributed by atoms with Crippen molar-refractivity contribution in [2.75, 3.05) is 18.0 Å². The Balaban J connectivity index is 2.72. The van der Waals surface area contributed by atoms with Gasteiger partial charge in [-0.15, -0.1) is 0 Å². The topological polar surface area (TPSA) is 49.5 Å². The van der Waals surface area contributed by atoms with Crippen molar-refractivity contribution >= 4 is 5.69 Å². The largest absolute Gasteiger partial charge is 0.391 e. The Morgan fingerprint density at radius 2 is 1.82 bits per heavy atom. The van der Waals surface area contributed by atoms with Crippen LogP contribution in [0.1, 0.15) is 26.3 Å². The van der Waals surface area contributed by atoms with Crippen molar-refractivity contribution in [1.29, 1.82) is 0 Å². The van der Waals surface area contributed by atoms with Crippen LogP contribution in [0.2, 0.25) is 0 Å². The van der Waals surface area contributed by atoms with Gasteiger partial charge in [0.1, 0.15) is 0 Å². The number of rotatable bonds is 6. The molecule has 1 unspecified atom stereocenters. The highest BCUT2D eigenvalue weighted by Gasteiger charge is 2.14. The van der Waals surface area contributed by atoms with Crippen LogP contribution in [0, 0.1) is 5.92 Å². The fraction of sp³-hybridized carbons (Fsp3) is 0.571. The summed E-state index contributed by atoms with van der Waals surface area (Å²) in [5.41, 5.74) is 7.85. The van der Waals surface area contributed by atoms with E-state index in [9.17, 15) is 5.11 Å². The Labute approximate surface area is 104 Å². The molecule has 17 heavy (non-hydrogen) atoms. The molecule has 0 spiro atoms. The molecule has 0 saturated heterocycles. The summed E-state index contributed by atoms with van der Waals surface area (Å²) in [6.45, 7) is 8.32. The molecule has 3 heteroatoms. The lowest BCUT2D eigenvalue weighted by atomic mass is 10.1. The van der Waals surface area contributed by atoms with Crippen LogP contribution in [0.4, 0.5) is 5.69 Å². The Morgan fingerprint density at radius 3 is 2.24 bits per heavy atom. The standard InChI is InChI=1S/C14H24N2O/c1-4-16(10-14(17)11(2)3)13-7-5-12(9-15)6-8-13/h5-8,11,14,17H,4,9-10,15H2,1-3H3. The fourth-order valence-corrected chi connectivity index (χ4v) is 1.70. The van der Waals surface area contributed by atoms with E-state index in [0.717, 1.165) is 17.8 Å². The summed E-state index contributed by atoms with van der Waals surface area (Å²) < 4.78 is 0. The Morgan fingerprint density at radius 1 is 1.24 bits per heavy atom. The average Bonchev–Trinajstić information content (AvgIpc) is 2.35. The van der Waals surface area contributed by atoms with Crippen LogP contribution >= 0.6 is 0 Å². The van der Waals surface area contributed by atoms with Crippen LogP contribution in [0.5, 0.6) is 0 Å². The predicted molar refractivity (Wildman–Crippen MR) is 73.1 cm³/mol. The van der Waals surface area contributed by atoms with Crippen LogP contribution in [-0.4, -0.2) is 24.3 Å². The highest BCUT2D eigenvalue weighted by Crippen LogP contribution is 2.16. The number of aliphatic hydroxyl groups is 1. The predicted octanol–water partition coefficient (Wildman–Crippen LogP) is 1.99. The van der Waals surface area contributed by atoms with E-state index in [1.165, 1.54) is 0 Å². The third-order valence-electron chi connectivity index (χ3n) is 3.10. The number of anilines is 1. The van der Waals surface area contributed by atoms with Gasteiger partial charge in [-0.2, -0.15) is 0 Å². The number of likely N-dealkylation sites (N-methyl/N-ethyl adjacent to an activating group) is 1. The molecule has 1 rings (SSSR count). The first-order chi connectivity index (χ1) is 8.08. The van der Waals surface area contributed by atoms with Gasteiger partial charge in [-0.05, 0) is 30.5 Å². The van der Waals surface area contributed by atoms with Crippen LogP contribution in [-0.2, 0) is 6.54 Å². The van der Waals surface area contributed by atoms with Crippen molar-refractivity contribution in [2.24, 2.45) is 11.7 Å². The molecule has 0 heterocycles. The van der Waals surface area contributed by atoms with Gasteiger partial charge in [0, 0.05) is 25.3 Å². The van der Waals surface area contributed by atoms with E-state index in [0.29, 0.717) is 13.1 Å². The van der Waals surface area contributed by atoms with Gasteiger partial charge >= 0.3 is 0 Å². The van der Waals surface area contributed by atoms with Gasteiger partial charge in [0.15, 0.2) is 0 Å². The number of hydrogen-bond acceptors (Lipinski definition) is 3. The van der Waals surface area contributed by atoms with Gasteiger partial charge in [0.2, 0.25) is 0 Å². The summed E-state index contributed by atoms with van der Waals surface area (Å²) in [7, 11) is 0. The molecule has 0 aliphatic rings. The number of hydrogen-bond donors (Lipinski definition) is 2. The van der Waals surface area contributed by atoms with Crippen molar-refractivity contribution in [3.05, 3.63) is 29.8 Å². The second-order valence-corrected chi connectivity index (χ2v) is 4.72. The first kappa shape index (κ1) is 14.0. The SMILES string of the molecule is CCN(CC(O)C(C)C)c1ccc(CN)cc1. The highest BCUT2D eigenvalue weighted by atomic mass is 16.3. The molecule has 0 saturated carbocycles. The molecule has 0 fully saturated rings. The van der Waals surface area contributed by atoms with Crippen LogP contribution < -0.4 is 10.6 Å². The molecular formula is C14H24N2O. The van der Waals surface area contributed by atoms with Gasteiger partial charge in [-0.1, -0.05) is 26.0 Å². The summed E-state index contributed by atoms with van der Waals surface area (Å²) in [5.74, 6) is 0.285. The zero-order valence-corrected chi connectivity index (χ0v) is 11.1. The maximum absolute atomic E-state index is 9.93. The minimum Gasteiger partial charge on any atom is -0.391 e. The Bertz CT molecular complexity index is 321. The fourth-order valence-electron chi connectivity index (χ4n) is 1.70. The normalized spacial score (nSPS) is 12.8. The lowest BCUT2D eigenvalue weighted by Crippen LogP contribution is -2.35. The smallest absolute Gasteiger partial charge is 0.0737 e. The van der Waals surface area contributed by atoms with E-state index in [1.54, 1.807) is 0 Å². The van der Waals surface area contributed by atoms with E-state index in [2.05, 4.69) is 24.0 Å². The first-order valence-electron chi connectivity index (χ1n) is 6.30. The molecule has 1 aromatic rings. The molecule has 0 aliphatic carbocycles. The molecule has 96 valence electrons. The minimum absolute atomic E-state index is 0.285. The van der Waals surface area contributed by atoms with Gasteiger partial charge in [-0.3, -0.25) is 0 Å². The number of nitrogens with zero attached hydrogens (tertiary/aromatic N) is 1. The van der Waals surface area contributed by atoms with E-state index >= 15 is 0 Å². The Hall–Kier alpha value is -1.06. The summed E-state index contributed by atoms with van der Waals surface area (Å²) >= 11 is 0. The van der Waals surface area contributed by atoms with Crippen LogP contribution in [0.15, 0.2) is 24.3 Å². The lowest BCUT2D eigenvalue weighted by molar-refractivity contribution is 0.131. The highest BCUT2D eigenvalue weighted by molar-refractivity contribution is 5.47. The quantitative estimate of drug-likeness (QED) is 0.794. The number of benzene rings is 1. The monoisotopic (exact) mass is 236 g/mol. The molecule has 0 bridgehead atoms. The first-order valence-corrected chi connectivity index (χ1v) is 6.30. The molecule has 0 amide bonds. The van der Waals surface area contributed by atoms with Crippen molar-refractivity contribution < 1.29 is 5.11 Å². The zero-order valence-electron chi connectivity index (χ0n) is 11.1. The van der Waals surface area contributed by atoms with Gasteiger partial charge in [-0.25, -0.2) is 0 Å². The minimum atomic E-state index is -0.288. The number of nitrogens with two attached hydrogens (primary N) is 1. The maximum Gasteiger partial charge on any atom is 0.0737 e. The lowest BCUT2D eigenvalue weighted by Gasteiger charge is -2.27. The van der Waals surface area contributed by atoms with E-state index < -0.39 is 0 Å². The van der Waals surface area contributed by atoms with Gasteiger partial charge < -0.3 is 15.7 Å².